The van der Waals surface area contributed by atoms with Gasteiger partial charge >= 0.3 is 5.51 Å². The van der Waals surface area contributed by atoms with E-state index < -0.39 is 5.51 Å². The molecule has 0 radical (unpaired) electrons. The third-order valence-corrected chi connectivity index (χ3v) is 3.83. The van der Waals surface area contributed by atoms with Gasteiger partial charge in [-0.15, -0.1) is 0 Å². The van der Waals surface area contributed by atoms with Crippen LogP contribution in [0.1, 0.15) is 12.1 Å². The summed E-state index contributed by atoms with van der Waals surface area (Å²) in [4.78, 5) is 23.5. The number of hydrogen-bond donors (Lipinski definition) is 2. The van der Waals surface area contributed by atoms with E-state index in [1.54, 1.807) is 24.3 Å². The summed E-state index contributed by atoms with van der Waals surface area (Å²) < 4.78 is 35.8. The lowest BCUT2D eigenvalue weighted by molar-refractivity contribution is -0.120. The van der Waals surface area contributed by atoms with E-state index in [2.05, 4.69) is 15.5 Å². The summed E-state index contributed by atoms with van der Waals surface area (Å²) in [5.74, 6) is -0.462. The summed E-state index contributed by atoms with van der Waals surface area (Å²) in [5, 5.41) is 9.76. The van der Waals surface area contributed by atoms with Gasteiger partial charge in [0, 0.05) is 17.7 Å². The van der Waals surface area contributed by atoms with Gasteiger partial charge in [-0.3, -0.25) is 9.59 Å². The van der Waals surface area contributed by atoms with Gasteiger partial charge in [-0.05, 0) is 12.5 Å². The van der Waals surface area contributed by atoms with E-state index in [4.69, 9.17) is 0 Å². The molecule has 1 heterocycles. The van der Waals surface area contributed by atoms with Crippen molar-refractivity contribution in [2.75, 3.05) is 12.3 Å². The standard InChI is InChI=1S/C14H14F3N3O2S/c15-14(16,17)23-7-3-6-18-12(21)8-11-9-4-1-2-5-10(9)13(22)20-19-11/h1-2,4-5H,3,6-8H2,(H,18,21)(H,20,22). The van der Waals surface area contributed by atoms with Crippen LogP contribution in [0.25, 0.3) is 10.8 Å². The molecule has 5 nitrogen and oxygen atoms in total. The fourth-order valence-corrected chi connectivity index (χ4v) is 2.53. The Morgan fingerprint density at radius 2 is 1.96 bits per heavy atom. The molecule has 0 aliphatic heterocycles. The molecule has 2 rings (SSSR count). The van der Waals surface area contributed by atoms with Gasteiger partial charge in [0.1, 0.15) is 0 Å². The normalized spacial score (nSPS) is 11.6. The summed E-state index contributed by atoms with van der Waals surface area (Å²) in [6.07, 6.45) is 0.166. The molecular formula is C14H14F3N3O2S. The first-order valence-corrected chi connectivity index (χ1v) is 7.79. The van der Waals surface area contributed by atoms with E-state index in [0.717, 1.165) is 0 Å². The van der Waals surface area contributed by atoms with Crippen LogP contribution in [0.3, 0.4) is 0 Å². The summed E-state index contributed by atoms with van der Waals surface area (Å²) in [7, 11) is 0. The third-order valence-electron chi connectivity index (χ3n) is 3.01. The molecule has 124 valence electrons. The predicted octanol–water partition coefficient (Wildman–Crippen LogP) is 2.22. The highest BCUT2D eigenvalue weighted by Gasteiger charge is 2.27. The summed E-state index contributed by atoms with van der Waals surface area (Å²) in [5.41, 5.74) is -4.17. The zero-order valence-corrected chi connectivity index (χ0v) is 12.8. The topological polar surface area (TPSA) is 74.8 Å². The smallest absolute Gasteiger partial charge is 0.356 e. The first kappa shape index (κ1) is 17.3. The maximum absolute atomic E-state index is 11.9. The number of amides is 1. The second kappa shape index (κ2) is 7.49. The number of rotatable bonds is 6. The van der Waals surface area contributed by atoms with Gasteiger partial charge in [0.2, 0.25) is 5.91 Å². The molecule has 1 amide bonds. The zero-order chi connectivity index (χ0) is 16.9. The van der Waals surface area contributed by atoms with E-state index in [-0.39, 0.29) is 48.4 Å². The molecule has 1 aromatic heterocycles. The Morgan fingerprint density at radius 1 is 1.26 bits per heavy atom. The lowest BCUT2D eigenvalue weighted by atomic mass is 10.1. The lowest BCUT2D eigenvalue weighted by Crippen LogP contribution is -2.27. The fraction of sp³-hybridized carbons (Fsp3) is 0.357. The predicted molar refractivity (Wildman–Crippen MR) is 82.2 cm³/mol. The molecule has 9 heteroatoms. The summed E-state index contributed by atoms with van der Waals surface area (Å²) >= 11 is -0.111. The minimum absolute atomic E-state index is 0.0519. The SMILES string of the molecule is O=C(Cc1n[nH]c(=O)c2ccccc12)NCCCSC(F)(F)F. The second-order valence-electron chi connectivity index (χ2n) is 4.72. The molecule has 0 aliphatic rings. The van der Waals surface area contributed by atoms with Crippen LogP contribution < -0.4 is 10.9 Å². The van der Waals surface area contributed by atoms with Crippen molar-refractivity contribution in [1.82, 2.24) is 15.5 Å². The number of halogens is 3. The molecule has 23 heavy (non-hydrogen) atoms. The van der Waals surface area contributed by atoms with Crippen LogP contribution in [0.5, 0.6) is 0 Å². The first-order chi connectivity index (χ1) is 10.9. The number of nitrogens with zero attached hydrogens (tertiary/aromatic N) is 1. The highest BCUT2D eigenvalue weighted by atomic mass is 32.2. The Hall–Kier alpha value is -2.03. The van der Waals surface area contributed by atoms with E-state index >= 15 is 0 Å². The van der Waals surface area contributed by atoms with Crippen molar-refractivity contribution in [3.05, 3.63) is 40.3 Å². The third kappa shape index (κ3) is 5.27. The Kier molecular flexibility index (Phi) is 5.64. The van der Waals surface area contributed by atoms with Crippen molar-refractivity contribution in [2.24, 2.45) is 0 Å². The summed E-state index contributed by atoms with van der Waals surface area (Å²) in [6.45, 7) is 0.156. The van der Waals surface area contributed by atoms with E-state index in [1.165, 1.54) is 0 Å². The molecule has 1 aromatic carbocycles. The highest BCUT2D eigenvalue weighted by Crippen LogP contribution is 2.30. The molecule has 0 unspecified atom stereocenters. The van der Waals surface area contributed by atoms with Crippen LogP contribution in [0.2, 0.25) is 0 Å². The number of carbonyl (C=O) groups excluding carboxylic acids is 1. The quantitative estimate of drug-likeness (QED) is 0.788. The van der Waals surface area contributed by atoms with E-state index in [0.29, 0.717) is 16.5 Å². The number of H-pyrrole nitrogens is 1. The second-order valence-corrected chi connectivity index (χ2v) is 5.88. The molecule has 0 saturated heterocycles. The minimum Gasteiger partial charge on any atom is -0.356 e. The first-order valence-electron chi connectivity index (χ1n) is 6.80. The molecule has 2 N–H and O–H groups in total. The van der Waals surface area contributed by atoms with Crippen molar-refractivity contribution in [3.8, 4) is 0 Å². The van der Waals surface area contributed by atoms with Crippen LogP contribution in [-0.4, -0.2) is 33.9 Å². The number of carbonyl (C=O) groups is 1. The van der Waals surface area contributed by atoms with Gasteiger partial charge in [-0.25, -0.2) is 5.10 Å². The fourth-order valence-electron chi connectivity index (χ4n) is 2.01. The van der Waals surface area contributed by atoms with Crippen molar-refractivity contribution < 1.29 is 18.0 Å². The lowest BCUT2D eigenvalue weighted by Gasteiger charge is -2.07. The number of benzene rings is 1. The minimum atomic E-state index is -4.25. The van der Waals surface area contributed by atoms with Gasteiger partial charge < -0.3 is 5.32 Å². The Labute approximate surface area is 133 Å². The average Bonchev–Trinajstić information content (AvgIpc) is 2.49. The van der Waals surface area contributed by atoms with Crippen molar-refractivity contribution in [2.45, 2.75) is 18.3 Å². The van der Waals surface area contributed by atoms with Gasteiger partial charge in [-0.1, -0.05) is 30.0 Å². The van der Waals surface area contributed by atoms with E-state index in [9.17, 15) is 22.8 Å². The molecule has 0 atom stereocenters. The monoisotopic (exact) mass is 345 g/mol. The highest BCUT2D eigenvalue weighted by molar-refractivity contribution is 8.00. The molecule has 0 aliphatic carbocycles. The van der Waals surface area contributed by atoms with Crippen LogP contribution in [-0.2, 0) is 11.2 Å². The van der Waals surface area contributed by atoms with Crippen LogP contribution in [0.4, 0.5) is 13.2 Å². The molecule has 2 aromatic rings. The van der Waals surface area contributed by atoms with Crippen LogP contribution in [0, 0.1) is 0 Å². The molecule has 0 spiro atoms. The van der Waals surface area contributed by atoms with Crippen molar-refractivity contribution in [1.29, 1.82) is 0 Å². The van der Waals surface area contributed by atoms with Gasteiger partial charge in [-0.2, -0.15) is 18.3 Å². The number of aromatic nitrogens is 2. The zero-order valence-electron chi connectivity index (χ0n) is 11.9. The average molecular weight is 345 g/mol. The van der Waals surface area contributed by atoms with Crippen LogP contribution >= 0.6 is 11.8 Å². The van der Waals surface area contributed by atoms with Crippen molar-refractivity contribution >= 4 is 28.4 Å². The number of alkyl halides is 3. The van der Waals surface area contributed by atoms with Gasteiger partial charge in [0.25, 0.3) is 5.56 Å². The summed E-state index contributed by atoms with van der Waals surface area (Å²) in [6, 6.07) is 6.77. The van der Waals surface area contributed by atoms with E-state index in [1.807, 2.05) is 0 Å². The Morgan fingerprint density at radius 3 is 2.65 bits per heavy atom. The maximum atomic E-state index is 11.9. The van der Waals surface area contributed by atoms with Crippen LogP contribution in [0.15, 0.2) is 29.1 Å². The van der Waals surface area contributed by atoms with Crippen molar-refractivity contribution in [3.63, 3.8) is 0 Å². The largest absolute Gasteiger partial charge is 0.441 e. The molecule has 0 saturated carbocycles. The molecule has 0 bridgehead atoms. The Balaban J connectivity index is 1.89. The maximum Gasteiger partial charge on any atom is 0.441 e. The van der Waals surface area contributed by atoms with Gasteiger partial charge in [0.05, 0.1) is 17.5 Å². The number of nitrogens with one attached hydrogen (secondary N) is 2. The number of fused-ring (bicyclic) bond motifs is 1. The number of aromatic amines is 1. The number of hydrogen-bond acceptors (Lipinski definition) is 4. The number of thioether (sulfide) groups is 1. The molecular weight excluding hydrogens is 331 g/mol. The Bertz CT molecular complexity index is 746. The molecule has 0 fully saturated rings. The van der Waals surface area contributed by atoms with Gasteiger partial charge in [0.15, 0.2) is 0 Å².